The van der Waals surface area contributed by atoms with Crippen LogP contribution in [-0.2, 0) is 18.4 Å². The van der Waals surface area contributed by atoms with Crippen molar-refractivity contribution in [1.82, 2.24) is 24.3 Å². The Morgan fingerprint density at radius 2 is 1.84 bits per heavy atom. The average Bonchev–Trinajstić information content (AvgIpc) is 3.20. The molecule has 0 aliphatic carbocycles. The number of halogens is 1. The molecule has 2 aliphatic rings. The van der Waals surface area contributed by atoms with Gasteiger partial charge in [0.1, 0.15) is 18.2 Å². The second-order valence-electron chi connectivity index (χ2n) is 8.45. The summed E-state index contributed by atoms with van der Waals surface area (Å²) in [7, 11) is 2.03. The van der Waals surface area contributed by atoms with Gasteiger partial charge in [-0.05, 0) is 38.1 Å². The van der Waals surface area contributed by atoms with Crippen LogP contribution in [0.25, 0.3) is 0 Å². The first-order valence-corrected chi connectivity index (χ1v) is 11.5. The van der Waals surface area contributed by atoms with Crippen molar-refractivity contribution in [1.29, 1.82) is 0 Å². The molecule has 8 heteroatoms. The van der Waals surface area contributed by atoms with Crippen molar-refractivity contribution in [3.8, 4) is 5.75 Å². The summed E-state index contributed by atoms with van der Waals surface area (Å²) in [5.41, 5.74) is 0. The number of carbonyl (C=O) groups excluding carboxylic acids is 1. The van der Waals surface area contributed by atoms with Crippen LogP contribution < -0.4 is 4.74 Å². The lowest BCUT2D eigenvalue weighted by Gasteiger charge is -2.38. The summed E-state index contributed by atoms with van der Waals surface area (Å²) < 4.78 is 7.86. The molecule has 0 N–H and O–H groups in total. The first kappa shape index (κ1) is 22.1. The van der Waals surface area contributed by atoms with E-state index in [-0.39, 0.29) is 5.92 Å². The second kappa shape index (κ2) is 10.5. The lowest BCUT2D eigenvalue weighted by Crippen LogP contribution is -2.52. The van der Waals surface area contributed by atoms with Gasteiger partial charge >= 0.3 is 0 Å². The minimum Gasteiger partial charge on any atom is -0.491 e. The van der Waals surface area contributed by atoms with E-state index in [2.05, 4.69) is 24.3 Å². The monoisotopic (exact) mass is 445 g/mol. The van der Waals surface area contributed by atoms with E-state index < -0.39 is 0 Å². The third-order valence-corrected chi connectivity index (χ3v) is 6.72. The van der Waals surface area contributed by atoms with Crippen LogP contribution in [0.15, 0.2) is 36.7 Å². The van der Waals surface area contributed by atoms with Gasteiger partial charge in [0.15, 0.2) is 0 Å². The summed E-state index contributed by atoms with van der Waals surface area (Å²) in [6.07, 6.45) is 5.70. The van der Waals surface area contributed by atoms with Crippen LogP contribution in [0.3, 0.4) is 0 Å². The highest BCUT2D eigenvalue weighted by Crippen LogP contribution is 2.23. The molecule has 3 heterocycles. The van der Waals surface area contributed by atoms with Crippen molar-refractivity contribution < 1.29 is 9.53 Å². The Morgan fingerprint density at radius 3 is 2.52 bits per heavy atom. The molecule has 1 aromatic carbocycles. The summed E-state index contributed by atoms with van der Waals surface area (Å²) in [5, 5.41) is 0.642. The zero-order valence-corrected chi connectivity index (χ0v) is 19.0. The predicted octanol–water partition coefficient (Wildman–Crippen LogP) is 2.51. The minimum absolute atomic E-state index is 0.160. The Morgan fingerprint density at radius 1 is 1.10 bits per heavy atom. The normalized spacial score (nSPS) is 19.0. The molecule has 7 nitrogen and oxygen atoms in total. The van der Waals surface area contributed by atoms with Crippen LogP contribution >= 0.6 is 11.6 Å². The lowest BCUT2D eigenvalue weighted by molar-refractivity contribution is -0.139. The van der Waals surface area contributed by atoms with E-state index in [1.54, 1.807) is 0 Å². The number of piperidine rings is 1. The van der Waals surface area contributed by atoms with Crippen LogP contribution in [0.1, 0.15) is 18.7 Å². The molecule has 1 aromatic heterocycles. The number of hydrogen-bond acceptors (Lipinski definition) is 5. The Labute approximate surface area is 189 Å². The smallest absolute Gasteiger partial charge is 0.225 e. The quantitative estimate of drug-likeness (QED) is 0.655. The number of rotatable bonds is 7. The molecule has 0 saturated carbocycles. The van der Waals surface area contributed by atoms with E-state index in [1.807, 2.05) is 43.7 Å². The number of carbonyl (C=O) groups is 1. The van der Waals surface area contributed by atoms with Crippen molar-refractivity contribution in [2.24, 2.45) is 13.0 Å². The van der Waals surface area contributed by atoms with Gasteiger partial charge in [0.2, 0.25) is 5.91 Å². The highest BCUT2D eigenvalue weighted by Gasteiger charge is 2.30. The molecule has 168 valence electrons. The fourth-order valence-electron chi connectivity index (χ4n) is 4.38. The first-order chi connectivity index (χ1) is 15.1. The second-order valence-corrected chi connectivity index (χ2v) is 8.86. The fraction of sp³-hybridized carbons (Fsp3) is 0.565. The van der Waals surface area contributed by atoms with E-state index in [0.29, 0.717) is 17.5 Å². The Hall–Kier alpha value is -2.09. The molecule has 0 radical (unpaired) electrons. The molecule has 2 saturated heterocycles. The number of hydrogen-bond donors (Lipinski definition) is 0. The van der Waals surface area contributed by atoms with Crippen molar-refractivity contribution in [2.75, 3.05) is 52.4 Å². The van der Waals surface area contributed by atoms with Gasteiger partial charge < -0.3 is 14.2 Å². The van der Waals surface area contributed by atoms with Crippen LogP contribution in [0.5, 0.6) is 5.75 Å². The largest absolute Gasteiger partial charge is 0.491 e. The van der Waals surface area contributed by atoms with Gasteiger partial charge in [0.25, 0.3) is 0 Å². The van der Waals surface area contributed by atoms with Crippen molar-refractivity contribution in [3.05, 3.63) is 47.5 Å². The van der Waals surface area contributed by atoms with Gasteiger partial charge in [-0.25, -0.2) is 4.98 Å². The molecule has 0 unspecified atom stereocenters. The lowest BCUT2D eigenvalue weighted by atomic mass is 9.95. The number of amides is 1. The molecule has 1 amide bonds. The van der Waals surface area contributed by atoms with E-state index in [9.17, 15) is 4.79 Å². The van der Waals surface area contributed by atoms with Crippen LogP contribution in [0.2, 0.25) is 5.02 Å². The molecule has 0 spiro atoms. The van der Waals surface area contributed by atoms with Crippen molar-refractivity contribution >= 4 is 17.5 Å². The number of piperazine rings is 1. The summed E-state index contributed by atoms with van der Waals surface area (Å²) in [5.74, 6) is 2.31. The number of aromatic nitrogens is 2. The Balaban J connectivity index is 1.15. The van der Waals surface area contributed by atoms with Crippen LogP contribution in [0.4, 0.5) is 0 Å². The summed E-state index contributed by atoms with van der Waals surface area (Å²) in [6.45, 7) is 7.64. The molecule has 2 aliphatic heterocycles. The standard InChI is InChI=1S/C23H32ClN5O2/c1-26-11-8-25-22(26)18-28-9-6-19(7-10-28)23(30)29-14-12-27(13-15-29)16-17-31-21-5-3-2-4-20(21)24/h2-5,8,11,19H,6-7,9-10,12-18H2,1H3. The highest BCUT2D eigenvalue weighted by atomic mass is 35.5. The van der Waals surface area contributed by atoms with Crippen molar-refractivity contribution in [3.63, 3.8) is 0 Å². The maximum Gasteiger partial charge on any atom is 0.225 e. The number of aryl methyl sites for hydroxylation is 1. The molecule has 31 heavy (non-hydrogen) atoms. The minimum atomic E-state index is 0.160. The van der Waals surface area contributed by atoms with Crippen LogP contribution in [0, 0.1) is 5.92 Å². The number of ether oxygens (including phenoxy) is 1. The number of para-hydroxylation sites is 1. The average molecular weight is 446 g/mol. The summed E-state index contributed by atoms with van der Waals surface area (Å²) in [6, 6.07) is 7.55. The number of benzene rings is 1. The van der Waals surface area contributed by atoms with Crippen LogP contribution in [-0.4, -0.2) is 82.6 Å². The maximum absolute atomic E-state index is 13.0. The fourth-order valence-corrected chi connectivity index (χ4v) is 4.57. The van der Waals surface area contributed by atoms with Gasteiger partial charge in [-0.3, -0.25) is 14.6 Å². The van der Waals surface area contributed by atoms with Gasteiger partial charge in [-0.1, -0.05) is 23.7 Å². The maximum atomic E-state index is 13.0. The van der Waals surface area contributed by atoms with E-state index in [0.717, 1.165) is 76.8 Å². The predicted molar refractivity (Wildman–Crippen MR) is 121 cm³/mol. The van der Waals surface area contributed by atoms with E-state index in [4.69, 9.17) is 16.3 Å². The molecule has 0 atom stereocenters. The number of likely N-dealkylation sites (tertiary alicyclic amines) is 1. The highest BCUT2D eigenvalue weighted by molar-refractivity contribution is 6.32. The molecule has 2 aromatic rings. The molecular weight excluding hydrogens is 414 g/mol. The summed E-state index contributed by atoms with van der Waals surface area (Å²) in [4.78, 5) is 24.2. The van der Waals surface area contributed by atoms with Gasteiger partial charge in [-0.15, -0.1) is 0 Å². The molecule has 0 bridgehead atoms. The van der Waals surface area contributed by atoms with E-state index >= 15 is 0 Å². The zero-order valence-electron chi connectivity index (χ0n) is 18.3. The molecule has 4 rings (SSSR count). The molecular formula is C23H32ClN5O2. The molecule has 2 fully saturated rings. The SMILES string of the molecule is Cn1ccnc1CN1CCC(C(=O)N2CCN(CCOc3ccccc3Cl)CC2)CC1. The third-order valence-electron chi connectivity index (χ3n) is 6.41. The van der Waals surface area contributed by atoms with Crippen molar-refractivity contribution in [2.45, 2.75) is 19.4 Å². The topological polar surface area (TPSA) is 53.8 Å². The Kier molecular flexibility index (Phi) is 7.48. The van der Waals surface area contributed by atoms with Gasteiger partial charge in [0.05, 0.1) is 11.6 Å². The number of nitrogens with zero attached hydrogens (tertiary/aromatic N) is 5. The van der Waals surface area contributed by atoms with Gasteiger partial charge in [0, 0.05) is 58.1 Å². The third kappa shape index (κ3) is 5.79. The number of imidazole rings is 1. The van der Waals surface area contributed by atoms with E-state index in [1.165, 1.54) is 0 Å². The first-order valence-electron chi connectivity index (χ1n) is 11.2. The Bertz CT molecular complexity index is 857. The zero-order chi connectivity index (χ0) is 21.6. The van der Waals surface area contributed by atoms with Gasteiger partial charge in [-0.2, -0.15) is 0 Å². The summed E-state index contributed by atoms with van der Waals surface area (Å²) >= 11 is 6.13.